The molecule has 38 heavy (non-hydrogen) atoms. The molecule has 0 bridgehead atoms. The molecule has 194 valence electrons. The highest BCUT2D eigenvalue weighted by Crippen LogP contribution is 2.39. The number of pyridine rings is 1. The van der Waals surface area contributed by atoms with Crippen LogP contribution in [0.15, 0.2) is 59.5 Å². The fourth-order valence-electron chi connectivity index (χ4n) is 4.99. The van der Waals surface area contributed by atoms with Crippen LogP contribution in [0.2, 0.25) is 0 Å². The van der Waals surface area contributed by atoms with E-state index in [0.717, 1.165) is 11.1 Å². The number of hydrogen-bond acceptors (Lipinski definition) is 9. The lowest BCUT2D eigenvalue weighted by atomic mass is 9.97. The average Bonchev–Trinajstić information content (AvgIpc) is 3.54. The maximum atomic E-state index is 13.5. The summed E-state index contributed by atoms with van der Waals surface area (Å²) in [5, 5.41) is 25.8. The van der Waals surface area contributed by atoms with Gasteiger partial charge in [-0.1, -0.05) is 42.5 Å². The number of para-hydroxylation sites is 1. The zero-order chi connectivity index (χ0) is 27.2. The largest absolute Gasteiger partial charge is 0.366 e. The smallest absolute Gasteiger partial charge is 0.289 e. The molecule has 4 aromatic rings. The van der Waals surface area contributed by atoms with Gasteiger partial charge in [0.05, 0.1) is 4.92 Å². The Labute approximate surface area is 218 Å². The van der Waals surface area contributed by atoms with E-state index in [1.54, 1.807) is 4.52 Å². The van der Waals surface area contributed by atoms with Crippen LogP contribution in [0, 0.1) is 28.4 Å². The summed E-state index contributed by atoms with van der Waals surface area (Å²) in [5.41, 5.74) is 8.48. The number of rotatable bonds is 6. The van der Waals surface area contributed by atoms with E-state index in [4.69, 9.17) is 5.73 Å². The van der Waals surface area contributed by atoms with Crippen molar-refractivity contribution in [2.24, 2.45) is 0 Å². The van der Waals surface area contributed by atoms with Crippen LogP contribution in [0.25, 0.3) is 16.8 Å². The Balaban J connectivity index is 1.60. The topological polar surface area (TPSA) is 164 Å². The van der Waals surface area contributed by atoms with Gasteiger partial charge in [-0.15, -0.1) is 5.10 Å². The SMILES string of the molecule is Cc1c(-c2ccccc2)c(N2CC[C@H](N(C)S(=O)(=O)c3ccccc3[N+](=O)[O-])C2)n2nc(N)nc2c1C#N. The van der Waals surface area contributed by atoms with Gasteiger partial charge < -0.3 is 10.6 Å². The second kappa shape index (κ2) is 9.40. The molecule has 3 heterocycles. The van der Waals surface area contributed by atoms with Crippen molar-refractivity contribution in [3.05, 3.63) is 75.8 Å². The quantitative estimate of drug-likeness (QED) is 0.290. The summed E-state index contributed by atoms with van der Waals surface area (Å²) >= 11 is 0. The molecule has 0 unspecified atom stereocenters. The number of nitrogens with two attached hydrogens (primary N) is 1. The molecule has 0 saturated carbocycles. The molecule has 5 rings (SSSR count). The Bertz CT molecular complexity index is 1710. The normalized spacial score (nSPS) is 15.7. The van der Waals surface area contributed by atoms with E-state index in [1.807, 2.05) is 42.2 Å². The number of fused-ring (bicyclic) bond motifs is 1. The van der Waals surface area contributed by atoms with Crippen LogP contribution in [-0.2, 0) is 10.0 Å². The second-order valence-corrected chi connectivity index (χ2v) is 11.0. The van der Waals surface area contributed by atoms with E-state index >= 15 is 0 Å². The number of nitrogens with zero attached hydrogens (tertiary/aromatic N) is 7. The Morgan fingerprint density at radius 1 is 1.18 bits per heavy atom. The van der Waals surface area contributed by atoms with Gasteiger partial charge in [0.15, 0.2) is 10.5 Å². The number of aromatic nitrogens is 3. The van der Waals surface area contributed by atoms with E-state index < -0.39 is 26.7 Å². The summed E-state index contributed by atoms with van der Waals surface area (Å²) in [7, 11) is -2.72. The molecule has 1 aliphatic rings. The fourth-order valence-corrected chi connectivity index (χ4v) is 6.52. The third-order valence-corrected chi connectivity index (χ3v) is 8.85. The van der Waals surface area contributed by atoms with Gasteiger partial charge in [0.1, 0.15) is 17.5 Å². The molecule has 0 radical (unpaired) electrons. The minimum Gasteiger partial charge on any atom is -0.366 e. The van der Waals surface area contributed by atoms with Crippen molar-refractivity contribution in [3.8, 4) is 17.2 Å². The van der Waals surface area contributed by atoms with Crippen molar-refractivity contribution in [2.45, 2.75) is 24.3 Å². The van der Waals surface area contributed by atoms with Gasteiger partial charge in [-0.3, -0.25) is 10.1 Å². The number of benzene rings is 2. The van der Waals surface area contributed by atoms with Crippen LogP contribution in [0.1, 0.15) is 17.5 Å². The zero-order valence-electron chi connectivity index (χ0n) is 20.6. The van der Waals surface area contributed by atoms with Gasteiger partial charge in [-0.05, 0) is 30.5 Å². The summed E-state index contributed by atoms with van der Waals surface area (Å²) in [4.78, 5) is 16.7. The average molecular weight is 533 g/mol. The van der Waals surface area contributed by atoms with Gasteiger partial charge in [0, 0.05) is 37.8 Å². The fraction of sp³-hybridized carbons (Fsp3) is 0.240. The van der Waals surface area contributed by atoms with Crippen molar-refractivity contribution in [1.82, 2.24) is 18.9 Å². The number of anilines is 2. The Morgan fingerprint density at radius 2 is 1.87 bits per heavy atom. The van der Waals surface area contributed by atoms with Crippen LogP contribution < -0.4 is 10.6 Å². The van der Waals surface area contributed by atoms with Crippen LogP contribution >= 0.6 is 0 Å². The Morgan fingerprint density at radius 3 is 2.55 bits per heavy atom. The lowest BCUT2D eigenvalue weighted by molar-refractivity contribution is -0.387. The first kappa shape index (κ1) is 25.1. The predicted molar refractivity (Wildman–Crippen MR) is 141 cm³/mol. The summed E-state index contributed by atoms with van der Waals surface area (Å²) in [6.45, 7) is 2.60. The van der Waals surface area contributed by atoms with Gasteiger partial charge in [-0.2, -0.15) is 19.1 Å². The minimum atomic E-state index is -4.16. The molecule has 1 fully saturated rings. The van der Waals surface area contributed by atoms with E-state index in [0.29, 0.717) is 35.6 Å². The number of likely N-dealkylation sites (N-methyl/N-ethyl adjacent to an activating group) is 1. The third kappa shape index (κ3) is 4.00. The van der Waals surface area contributed by atoms with Crippen molar-refractivity contribution in [3.63, 3.8) is 0 Å². The number of nitro benzene ring substituents is 1. The molecule has 1 atom stereocenters. The molecule has 2 aromatic carbocycles. The second-order valence-electron chi connectivity index (χ2n) is 9.02. The van der Waals surface area contributed by atoms with Crippen molar-refractivity contribution in [1.29, 1.82) is 5.26 Å². The molecule has 0 aliphatic carbocycles. The van der Waals surface area contributed by atoms with Crippen LogP contribution in [0.5, 0.6) is 0 Å². The van der Waals surface area contributed by atoms with Crippen LogP contribution in [0.4, 0.5) is 17.5 Å². The Kier molecular flexibility index (Phi) is 6.22. The molecule has 1 saturated heterocycles. The monoisotopic (exact) mass is 532 g/mol. The minimum absolute atomic E-state index is 0.0131. The lowest BCUT2D eigenvalue weighted by Gasteiger charge is -2.27. The van der Waals surface area contributed by atoms with Crippen molar-refractivity contribution in [2.75, 3.05) is 30.8 Å². The first-order chi connectivity index (χ1) is 18.1. The standard InChI is InChI=1S/C25H24N8O4S/c1-16-19(14-26)23-28-25(27)29-32(23)24(22(16)17-8-4-3-5-9-17)31-13-12-18(15-31)30(2)38(36,37)21-11-7-6-10-20(21)33(34)35/h3-11,18H,12-13,15H2,1-2H3,(H2,27,29)/t18-/m0/s1. The maximum Gasteiger partial charge on any atom is 0.289 e. The zero-order valence-corrected chi connectivity index (χ0v) is 21.5. The van der Waals surface area contributed by atoms with E-state index in [9.17, 15) is 23.8 Å². The number of hydrogen-bond donors (Lipinski definition) is 1. The van der Waals surface area contributed by atoms with Crippen molar-refractivity contribution < 1.29 is 13.3 Å². The maximum absolute atomic E-state index is 13.5. The predicted octanol–water partition coefficient (Wildman–Crippen LogP) is 2.97. The van der Waals surface area contributed by atoms with Crippen LogP contribution in [-0.4, -0.2) is 58.4 Å². The number of nitro groups is 1. The number of sulfonamides is 1. The first-order valence-corrected chi connectivity index (χ1v) is 13.2. The first-order valence-electron chi connectivity index (χ1n) is 11.8. The highest BCUT2D eigenvalue weighted by Gasteiger charge is 2.38. The van der Waals surface area contributed by atoms with Gasteiger partial charge in [0.25, 0.3) is 5.69 Å². The van der Waals surface area contributed by atoms with E-state index in [-0.39, 0.29) is 17.4 Å². The van der Waals surface area contributed by atoms with Crippen molar-refractivity contribution >= 4 is 33.1 Å². The molecule has 2 N–H and O–H groups in total. The lowest BCUT2D eigenvalue weighted by Crippen LogP contribution is -2.39. The molecule has 1 aliphatic heterocycles. The summed E-state index contributed by atoms with van der Waals surface area (Å²) < 4.78 is 29.6. The number of nitriles is 1. The van der Waals surface area contributed by atoms with E-state index in [2.05, 4.69) is 16.2 Å². The molecule has 2 aromatic heterocycles. The summed E-state index contributed by atoms with van der Waals surface area (Å²) in [5.74, 6) is 0.657. The molecular formula is C25H24N8O4S. The van der Waals surface area contributed by atoms with E-state index in [1.165, 1.54) is 35.6 Å². The Hall–Kier alpha value is -4.54. The highest BCUT2D eigenvalue weighted by atomic mass is 32.2. The van der Waals surface area contributed by atoms with Gasteiger partial charge in [-0.25, -0.2) is 8.42 Å². The molecule has 0 amide bonds. The summed E-state index contributed by atoms with van der Waals surface area (Å²) in [6.07, 6.45) is 0.468. The van der Waals surface area contributed by atoms with Gasteiger partial charge in [0.2, 0.25) is 16.0 Å². The third-order valence-electron chi connectivity index (χ3n) is 6.89. The molecular weight excluding hydrogens is 508 g/mol. The summed E-state index contributed by atoms with van der Waals surface area (Å²) in [6, 6.07) is 16.6. The molecule has 0 spiro atoms. The van der Waals surface area contributed by atoms with Crippen LogP contribution in [0.3, 0.4) is 0 Å². The molecule has 13 heteroatoms. The van der Waals surface area contributed by atoms with Gasteiger partial charge >= 0.3 is 0 Å². The number of nitrogen functional groups attached to an aromatic ring is 1. The highest BCUT2D eigenvalue weighted by molar-refractivity contribution is 7.89. The molecule has 12 nitrogen and oxygen atoms in total.